The van der Waals surface area contributed by atoms with Crippen LogP contribution in [0.3, 0.4) is 0 Å². The molecule has 0 aliphatic heterocycles. The summed E-state index contributed by atoms with van der Waals surface area (Å²) in [6.07, 6.45) is 0. The molecule has 5 heteroatoms. The van der Waals surface area contributed by atoms with Crippen LogP contribution in [-0.2, 0) is 5.54 Å². The van der Waals surface area contributed by atoms with Crippen molar-refractivity contribution in [2.24, 2.45) is 0 Å². The van der Waals surface area contributed by atoms with E-state index < -0.39 is 5.54 Å². The Kier molecular flexibility index (Phi) is 4.93. The first-order chi connectivity index (χ1) is 10.4. The Hall–Kier alpha value is -2.20. The highest BCUT2D eigenvalue weighted by molar-refractivity contribution is 6.30. The van der Waals surface area contributed by atoms with E-state index >= 15 is 0 Å². The van der Waals surface area contributed by atoms with E-state index in [0.717, 1.165) is 5.56 Å². The van der Waals surface area contributed by atoms with Gasteiger partial charge in [-0.25, -0.2) is 4.79 Å². The zero-order valence-corrected chi connectivity index (χ0v) is 13.6. The molecular formula is C17H19ClN2O2. The fourth-order valence-electron chi connectivity index (χ4n) is 2.12. The molecule has 0 bridgehead atoms. The second-order valence-electron chi connectivity index (χ2n) is 5.41. The summed E-state index contributed by atoms with van der Waals surface area (Å²) in [5, 5.41) is 6.41. The van der Waals surface area contributed by atoms with Crippen molar-refractivity contribution in [2.45, 2.75) is 19.4 Å². The molecule has 0 aliphatic carbocycles. The summed E-state index contributed by atoms with van der Waals surface area (Å²) in [7, 11) is 1.57. The summed E-state index contributed by atoms with van der Waals surface area (Å²) < 4.78 is 5.22. The molecule has 116 valence electrons. The van der Waals surface area contributed by atoms with Gasteiger partial charge in [0.2, 0.25) is 0 Å². The van der Waals surface area contributed by atoms with Crippen molar-refractivity contribution in [1.29, 1.82) is 0 Å². The van der Waals surface area contributed by atoms with E-state index in [2.05, 4.69) is 10.6 Å². The summed E-state index contributed by atoms with van der Waals surface area (Å²) in [5.74, 6) is 0.613. The van der Waals surface area contributed by atoms with Gasteiger partial charge in [-0.05, 0) is 43.7 Å². The van der Waals surface area contributed by atoms with Crippen molar-refractivity contribution < 1.29 is 9.53 Å². The molecule has 4 nitrogen and oxygen atoms in total. The largest absolute Gasteiger partial charge is 0.495 e. The van der Waals surface area contributed by atoms with Crippen molar-refractivity contribution in [3.8, 4) is 5.75 Å². The van der Waals surface area contributed by atoms with Crippen LogP contribution >= 0.6 is 11.6 Å². The molecular weight excluding hydrogens is 300 g/mol. The summed E-state index contributed by atoms with van der Waals surface area (Å²) in [5.41, 5.74) is 1.05. The lowest BCUT2D eigenvalue weighted by Crippen LogP contribution is -2.43. The van der Waals surface area contributed by atoms with Gasteiger partial charge in [0.15, 0.2) is 0 Å². The summed E-state index contributed by atoms with van der Waals surface area (Å²) in [4.78, 5) is 12.2. The first-order valence-electron chi connectivity index (χ1n) is 6.90. The summed E-state index contributed by atoms with van der Waals surface area (Å²) >= 11 is 5.89. The van der Waals surface area contributed by atoms with Crippen LogP contribution in [0, 0.1) is 0 Å². The van der Waals surface area contributed by atoms with Crippen LogP contribution in [0.25, 0.3) is 0 Å². The zero-order chi connectivity index (χ0) is 16.2. The Bertz CT molecular complexity index is 654. The molecule has 0 radical (unpaired) electrons. The molecule has 0 saturated carbocycles. The number of benzene rings is 2. The average molecular weight is 319 g/mol. The molecule has 2 amide bonds. The van der Waals surface area contributed by atoms with Crippen molar-refractivity contribution in [3.05, 3.63) is 59.1 Å². The number of halogens is 1. The van der Waals surface area contributed by atoms with Crippen molar-refractivity contribution >= 4 is 23.3 Å². The van der Waals surface area contributed by atoms with Gasteiger partial charge in [0.05, 0.1) is 18.3 Å². The first-order valence-corrected chi connectivity index (χ1v) is 7.28. The monoisotopic (exact) mass is 318 g/mol. The van der Waals surface area contributed by atoms with E-state index in [1.807, 2.05) is 38.1 Å². The quantitative estimate of drug-likeness (QED) is 0.877. The van der Waals surface area contributed by atoms with Crippen LogP contribution in [0.2, 0.25) is 5.02 Å². The maximum Gasteiger partial charge on any atom is 0.320 e. The van der Waals surface area contributed by atoms with Crippen LogP contribution in [0.4, 0.5) is 10.5 Å². The second kappa shape index (κ2) is 6.71. The maximum atomic E-state index is 12.2. The van der Waals surface area contributed by atoms with Gasteiger partial charge in [-0.1, -0.05) is 35.9 Å². The minimum absolute atomic E-state index is 0.301. The molecule has 0 spiro atoms. The van der Waals surface area contributed by atoms with Crippen LogP contribution in [-0.4, -0.2) is 13.1 Å². The number of rotatable bonds is 4. The molecule has 0 saturated heterocycles. The predicted molar refractivity (Wildman–Crippen MR) is 89.6 cm³/mol. The zero-order valence-electron chi connectivity index (χ0n) is 12.8. The lowest BCUT2D eigenvalue weighted by Gasteiger charge is -2.27. The molecule has 2 N–H and O–H groups in total. The third kappa shape index (κ3) is 3.92. The van der Waals surface area contributed by atoms with E-state index in [4.69, 9.17) is 16.3 Å². The standard InChI is InChI=1S/C17H19ClN2O2/c1-17(2,12-8-10-13(18)11-9-12)20-16(21)19-14-6-4-5-7-15(14)22-3/h4-11H,1-3H3,(H2,19,20,21). The number of urea groups is 1. The number of ether oxygens (including phenoxy) is 1. The van der Waals surface area contributed by atoms with Gasteiger partial charge in [-0.2, -0.15) is 0 Å². The highest BCUT2D eigenvalue weighted by Gasteiger charge is 2.23. The van der Waals surface area contributed by atoms with Gasteiger partial charge in [0.1, 0.15) is 5.75 Å². The third-order valence-electron chi connectivity index (χ3n) is 3.35. The molecule has 0 aromatic heterocycles. The average Bonchev–Trinajstić information content (AvgIpc) is 2.47. The number of nitrogens with one attached hydrogen (secondary N) is 2. The van der Waals surface area contributed by atoms with Gasteiger partial charge >= 0.3 is 6.03 Å². The van der Waals surface area contributed by atoms with Gasteiger partial charge in [-0.3, -0.25) is 0 Å². The number of amides is 2. The van der Waals surface area contributed by atoms with Crippen LogP contribution in [0.15, 0.2) is 48.5 Å². The first kappa shape index (κ1) is 16.2. The Morgan fingerprint density at radius 1 is 1.09 bits per heavy atom. The smallest absolute Gasteiger partial charge is 0.320 e. The van der Waals surface area contributed by atoms with Crippen molar-refractivity contribution in [1.82, 2.24) is 5.32 Å². The fraction of sp³-hybridized carbons (Fsp3) is 0.235. The van der Waals surface area contributed by atoms with E-state index in [-0.39, 0.29) is 6.03 Å². The molecule has 2 aromatic rings. The highest BCUT2D eigenvalue weighted by atomic mass is 35.5. The van der Waals surface area contributed by atoms with Crippen LogP contribution in [0.5, 0.6) is 5.75 Å². The number of methoxy groups -OCH3 is 1. The number of carbonyl (C=O) groups excluding carboxylic acids is 1. The molecule has 0 unspecified atom stereocenters. The Morgan fingerprint density at radius 3 is 2.36 bits per heavy atom. The molecule has 0 aliphatic rings. The number of para-hydroxylation sites is 2. The summed E-state index contributed by atoms with van der Waals surface area (Å²) in [6.45, 7) is 3.86. The van der Waals surface area contributed by atoms with Crippen molar-refractivity contribution in [3.63, 3.8) is 0 Å². The molecule has 2 rings (SSSR count). The minimum Gasteiger partial charge on any atom is -0.495 e. The number of hydrogen-bond acceptors (Lipinski definition) is 2. The van der Waals surface area contributed by atoms with Gasteiger partial charge in [-0.15, -0.1) is 0 Å². The molecule has 0 heterocycles. The van der Waals surface area contributed by atoms with E-state index in [0.29, 0.717) is 16.5 Å². The Labute approximate surface area is 135 Å². The van der Waals surface area contributed by atoms with E-state index in [1.54, 1.807) is 31.4 Å². The Morgan fingerprint density at radius 2 is 1.73 bits per heavy atom. The lowest BCUT2D eigenvalue weighted by atomic mass is 9.94. The fourth-order valence-corrected chi connectivity index (χ4v) is 2.25. The normalized spacial score (nSPS) is 10.9. The van der Waals surface area contributed by atoms with Crippen molar-refractivity contribution in [2.75, 3.05) is 12.4 Å². The maximum absolute atomic E-state index is 12.2. The van der Waals surface area contributed by atoms with Crippen LogP contribution < -0.4 is 15.4 Å². The van der Waals surface area contributed by atoms with Gasteiger partial charge < -0.3 is 15.4 Å². The van der Waals surface area contributed by atoms with E-state index in [9.17, 15) is 4.79 Å². The highest BCUT2D eigenvalue weighted by Crippen LogP contribution is 2.25. The van der Waals surface area contributed by atoms with Gasteiger partial charge in [0, 0.05) is 5.02 Å². The number of anilines is 1. The topological polar surface area (TPSA) is 50.4 Å². The third-order valence-corrected chi connectivity index (χ3v) is 3.60. The van der Waals surface area contributed by atoms with E-state index in [1.165, 1.54) is 0 Å². The second-order valence-corrected chi connectivity index (χ2v) is 5.85. The van der Waals surface area contributed by atoms with Crippen LogP contribution in [0.1, 0.15) is 19.4 Å². The van der Waals surface area contributed by atoms with Gasteiger partial charge in [0.25, 0.3) is 0 Å². The number of hydrogen-bond donors (Lipinski definition) is 2. The number of carbonyl (C=O) groups is 1. The lowest BCUT2D eigenvalue weighted by molar-refractivity contribution is 0.241. The molecule has 2 aromatic carbocycles. The molecule has 0 atom stereocenters. The molecule has 22 heavy (non-hydrogen) atoms. The SMILES string of the molecule is COc1ccccc1NC(=O)NC(C)(C)c1ccc(Cl)cc1. The Balaban J connectivity index is 2.09. The minimum atomic E-state index is -0.531. The molecule has 0 fully saturated rings. The summed E-state index contributed by atoms with van der Waals surface area (Å²) in [6, 6.07) is 14.4. The predicted octanol–water partition coefficient (Wildman–Crippen LogP) is 4.41.